The van der Waals surface area contributed by atoms with Crippen LogP contribution >= 0.6 is 12.2 Å². The lowest BCUT2D eigenvalue weighted by atomic mass is 10.3. The maximum atomic E-state index is 10.8. The Morgan fingerprint density at radius 2 is 2.25 bits per heavy atom. The van der Waals surface area contributed by atoms with Gasteiger partial charge in [0.05, 0.1) is 6.42 Å². The van der Waals surface area contributed by atoms with Crippen molar-refractivity contribution in [3.63, 3.8) is 0 Å². The molecular formula is C6H7N3O2S. The van der Waals surface area contributed by atoms with Crippen molar-refractivity contribution in [2.24, 2.45) is 5.73 Å². The summed E-state index contributed by atoms with van der Waals surface area (Å²) in [6.07, 6.45) is -0.00639. The minimum Gasteiger partial charge on any atom is -0.369 e. The minimum atomic E-state index is -0.508. The van der Waals surface area contributed by atoms with E-state index in [1.165, 1.54) is 6.07 Å². The largest absolute Gasteiger partial charge is 0.369 e. The van der Waals surface area contributed by atoms with Gasteiger partial charge in [0, 0.05) is 5.69 Å². The zero-order valence-electron chi connectivity index (χ0n) is 6.09. The summed E-state index contributed by atoms with van der Waals surface area (Å²) in [6, 6.07) is 1.49. The first-order valence-corrected chi connectivity index (χ1v) is 3.59. The molecule has 0 unspecified atom stereocenters. The molecule has 1 amide bonds. The van der Waals surface area contributed by atoms with Crippen molar-refractivity contribution in [2.75, 3.05) is 0 Å². The second kappa shape index (κ2) is 3.31. The second-order valence-electron chi connectivity index (χ2n) is 2.26. The van der Waals surface area contributed by atoms with Gasteiger partial charge < -0.3 is 10.7 Å². The van der Waals surface area contributed by atoms with Crippen LogP contribution in [0.1, 0.15) is 5.69 Å². The normalized spacial score (nSPS) is 9.67. The van der Waals surface area contributed by atoms with Gasteiger partial charge >= 0.3 is 5.69 Å². The predicted molar refractivity (Wildman–Crippen MR) is 45.1 cm³/mol. The number of carbonyl (C=O) groups excluding carboxylic acids is 1. The summed E-state index contributed by atoms with van der Waals surface area (Å²) in [5, 5.41) is 0. The summed E-state index contributed by atoms with van der Waals surface area (Å²) in [7, 11) is 0. The van der Waals surface area contributed by atoms with Crippen molar-refractivity contribution in [1.29, 1.82) is 0 Å². The molecule has 0 aliphatic heterocycles. The van der Waals surface area contributed by atoms with Gasteiger partial charge in [0.2, 0.25) is 5.91 Å². The van der Waals surface area contributed by atoms with Crippen LogP contribution in [0.2, 0.25) is 0 Å². The Hall–Kier alpha value is -1.43. The lowest BCUT2D eigenvalue weighted by molar-refractivity contribution is -0.117. The smallest absolute Gasteiger partial charge is 0.324 e. The molecule has 0 spiro atoms. The second-order valence-corrected chi connectivity index (χ2v) is 2.70. The van der Waals surface area contributed by atoms with E-state index in [9.17, 15) is 9.59 Å². The standard InChI is InChI=1S/C6H7N3O2S/c7-4(10)1-3-2-5(12)9-6(11)8-3/h2H,1H2,(H2,7,10)(H2,8,9,11,12). The van der Waals surface area contributed by atoms with Crippen LogP contribution in [0.25, 0.3) is 0 Å². The minimum absolute atomic E-state index is 0.00639. The molecule has 6 heteroatoms. The van der Waals surface area contributed by atoms with Crippen LogP contribution in [0, 0.1) is 4.64 Å². The summed E-state index contributed by atoms with van der Waals surface area (Å²) >= 11 is 4.71. The predicted octanol–water partition coefficient (Wildman–Crippen LogP) is -0.540. The number of carbonyl (C=O) groups is 1. The van der Waals surface area contributed by atoms with Gasteiger partial charge in [-0.2, -0.15) is 0 Å². The Labute approximate surface area is 72.6 Å². The number of hydrogen-bond acceptors (Lipinski definition) is 3. The fourth-order valence-corrected chi connectivity index (χ4v) is 1.04. The molecule has 1 aromatic rings. The molecule has 5 nitrogen and oxygen atoms in total. The number of primary amides is 1. The zero-order chi connectivity index (χ0) is 9.14. The van der Waals surface area contributed by atoms with E-state index in [4.69, 9.17) is 18.0 Å². The fourth-order valence-electron chi connectivity index (χ4n) is 0.802. The first-order chi connectivity index (χ1) is 5.58. The number of amides is 1. The van der Waals surface area contributed by atoms with Crippen LogP contribution in [0.15, 0.2) is 10.9 Å². The molecule has 0 bridgehead atoms. The van der Waals surface area contributed by atoms with E-state index in [1.807, 2.05) is 0 Å². The maximum absolute atomic E-state index is 10.8. The molecule has 0 aliphatic rings. The molecule has 64 valence electrons. The topological polar surface area (TPSA) is 91.7 Å². The van der Waals surface area contributed by atoms with E-state index in [2.05, 4.69) is 9.97 Å². The average molecular weight is 185 g/mol. The molecule has 0 radical (unpaired) electrons. The fraction of sp³-hybridized carbons (Fsp3) is 0.167. The van der Waals surface area contributed by atoms with Gasteiger partial charge in [0.1, 0.15) is 4.64 Å². The molecule has 4 N–H and O–H groups in total. The number of H-pyrrole nitrogens is 2. The number of nitrogens with one attached hydrogen (secondary N) is 2. The summed E-state index contributed by atoms with van der Waals surface area (Å²) in [4.78, 5) is 25.9. The van der Waals surface area contributed by atoms with Gasteiger partial charge in [-0.3, -0.25) is 9.78 Å². The summed E-state index contributed by atoms with van der Waals surface area (Å²) < 4.78 is 0.287. The highest BCUT2D eigenvalue weighted by molar-refractivity contribution is 7.71. The number of rotatable bonds is 2. The SMILES string of the molecule is NC(=O)Cc1cc(=S)[nH]c(=O)[nH]1. The van der Waals surface area contributed by atoms with E-state index in [-0.39, 0.29) is 11.1 Å². The van der Waals surface area contributed by atoms with Crippen LogP contribution in [0.4, 0.5) is 0 Å². The van der Waals surface area contributed by atoms with E-state index < -0.39 is 11.6 Å². The molecular weight excluding hydrogens is 178 g/mol. The Balaban J connectivity index is 3.09. The van der Waals surface area contributed by atoms with Crippen LogP contribution in [0.5, 0.6) is 0 Å². The van der Waals surface area contributed by atoms with E-state index in [0.29, 0.717) is 5.69 Å². The first-order valence-electron chi connectivity index (χ1n) is 3.19. The van der Waals surface area contributed by atoms with Gasteiger partial charge in [-0.1, -0.05) is 12.2 Å². The van der Waals surface area contributed by atoms with Crippen LogP contribution in [-0.4, -0.2) is 15.9 Å². The molecule has 1 aromatic heterocycles. The third-order valence-corrected chi connectivity index (χ3v) is 1.40. The van der Waals surface area contributed by atoms with Crippen molar-refractivity contribution in [1.82, 2.24) is 9.97 Å². The van der Waals surface area contributed by atoms with E-state index >= 15 is 0 Å². The Kier molecular flexibility index (Phi) is 2.39. The molecule has 0 aliphatic carbocycles. The third kappa shape index (κ3) is 2.31. The highest BCUT2D eigenvalue weighted by Crippen LogP contribution is 1.90. The van der Waals surface area contributed by atoms with Crippen LogP contribution < -0.4 is 11.4 Å². The molecule has 0 saturated carbocycles. The van der Waals surface area contributed by atoms with Crippen molar-refractivity contribution < 1.29 is 4.79 Å². The van der Waals surface area contributed by atoms with Crippen molar-refractivity contribution in [3.05, 3.63) is 26.9 Å². The Morgan fingerprint density at radius 1 is 1.58 bits per heavy atom. The van der Waals surface area contributed by atoms with Gasteiger partial charge in [0.25, 0.3) is 0 Å². The van der Waals surface area contributed by atoms with Gasteiger partial charge in [-0.15, -0.1) is 0 Å². The highest BCUT2D eigenvalue weighted by Gasteiger charge is 1.98. The highest BCUT2D eigenvalue weighted by atomic mass is 32.1. The molecule has 0 saturated heterocycles. The zero-order valence-corrected chi connectivity index (χ0v) is 6.90. The summed E-state index contributed by atoms with van der Waals surface area (Å²) in [6.45, 7) is 0. The summed E-state index contributed by atoms with van der Waals surface area (Å²) in [5.74, 6) is -0.508. The van der Waals surface area contributed by atoms with Crippen LogP contribution in [-0.2, 0) is 11.2 Å². The van der Waals surface area contributed by atoms with Gasteiger partial charge in [-0.05, 0) is 6.07 Å². The van der Waals surface area contributed by atoms with Gasteiger partial charge in [-0.25, -0.2) is 4.79 Å². The van der Waals surface area contributed by atoms with Crippen LogP contribution in [0.3, 0.4) is 0 Å². The molecule has 0 atom stereocenters. The molecule has 1 rings (SSSR count). The van der Waals surface area contributed by atoms with E-state index in [0.717, 1.165) is 0 Å². The summed E-state index contributed by atoms with van der Waals surface area (Å²) in [5.41, 5.74) is 4.91. The van der Waals surface area contributed by atoms with Gasteiger partial charge in [0.15, 0.2) is 0 Å². The van der Waals surface area contributed by atoms with Crippen molar-refractivity contribution >= 4 is 18.1 Å². The quantitative estimate of drug-likeness (QED) is 0.540. The average Bonchev–Trinajstić information content (AvgIpc) is 1.81. The molecule has 0 aromatic carbocycles. The molecule has 1 heterocycles. The monoisotopic (exact) mass is 185 g/mol. The number of aromatic nitrogens is 2. The van der Waals surface area contributed by atoms with E-state index in [1.54, 1.807) is 0 Å². The first kappa shape index (κ1) is 8.66. The Morgan fingerprint density at radius 3 is 2.75 bits per heavy atom. The number of nitrogens with two attached hydrogens (primary N) is 1. The Bertz CT molecular complexity index is 377. The van der Waals surface area contributed by atoms with Crippen molar-refractivity contribution in [2.45, 2.75) is 6.42 Å². The maximum Gasteiger partial charge on any atom is 0.324 e. The molecule has 12 heavy (non-hydrogen) atoms. The lowest BCUT2D eigenvalue weighted by Crippen LogP contribution is -2.19. The van der Waals surface area contributed by atoms with Crippen molar-refractivity contribution in [3.8, 4) is 0 Å². The third-order valence-electron chi connectivity index (χ3n) is 1.18. The number of hydrogen-bond donors (Lipinski definition) is 3. The lowest BCUT2D eigenvalue weighted by Gasteiger charge is -1.95. The molecule has 0 fully saturated rings. The number of aromatic amines is 2.